The van der Waals surface area contributed by atoms with E-state index >= 15 is 0 Å². The summed E-state index contributed by atoms with van der Waals surface area (Å²) in [5.74, 6) is 0.321. The molecule has 1 N–H and O–H groups in total. The molecule has 0 bridgehead atoms. The highest BCUT2D eigenvalue weighted by Crippen LogP contribution is 2.20. The number of esters is 1. The standard InChI is InChI=1S/C20H23NO4/c1-14-4-9-18(24-2)17(12-14)13-19(22)21-11-10-15-5-7-16(8-6-15)20(23)25-3/h4-9,12H,10-11,13H2,1-3H3,(H,21,22). The second-order valence-corrected chi connectivity index (χ2v) is 5.78. The van der Waals surface area contributed by atoms with Crippen LogP contribution in [-0.2, 0) is 22.4 Å². The quantitative estimate of drug-likeness (QED) is 0.787. The molecule has 0 atom stereocenters. The highest BCUT2D eigenvalue weighted by molar-refractivity contribution is 5.89. The number of hydrogen-bond acceptors (Lipinski definition) is 4. The lowest BCUT2D eigenvalue weighted by Crippen LogP contribution is -2.27. The van der Waals surface area contributed by atoms with Crippen molar-refractivity contribution in [2.45, 2.75) is 19.8 Å². The average Bonchev–Trinajstić information content (AvgIpc) is 2.62. The van der Waals surface area contributed by atoms with Crippen LogP contribution in [0.15, 0.2) is 42.5 Å². The third-order valence-electron chi connectivity index (χ3n) is 3.90. The van der Waals surface area contributed by atoms with E-state index in [9.17, 15) is 9.59 Å². The van der Waals surface area contributed by atoms with E-state index in [4.69, 9.17) is 4.74 Å². The van der Waals surface area contributed by atoms with E-state index in [0.717, 1.165) is 22.4 Å². The van der Waals surface area contributed by atoms with Gasteiger partial charge in [-0.2, -0.15) is 0 Å². The first-order valence-electron chi connectivity index (χ1n) is 8.11. The number of carbonyl (C=O) groups is 2. The predicted molar refractivity (Wildman–Crippen MR) is 95.9 cm³/mol. The minimum absolute atomic E-state index is 0.0462. The van der Waals surface area contributed by atoms with E-state index in [1.54, 1.807) is 19.2 Å². The minimum Gasteiger partial charge on any atom is -0.496 e. The zero-order chi connectivity index (χ0) is 18.2. The fourth-order valence-corrected chi connectivity index (χ4v) is 2.55. The molecule has 0 aliphatic rings. The van der Waals surface area contributed by atoms with Crippen LogP contribution in [0.3, 0.4) is 0 Å². The average molecular weight is 341 g/mol. The first-order valence-corrected chi connectivity index (χ1v) is 8.11. The van der Waals surface area contributed by atoms with Gasteiger partial charge in [0.2, 0.25) is 5.91 Å². The fraction of sp³-hybridized carbons (Fsp3) is 0.300. The second kappa shape index (κ2) is 8.87. The van der Waals surface area contributed by atoms with Crippen LogP contribution in [0.1, 0.15) is 27.0 Å². The SMILES string of the molecule is COC(=O)c1ccc(CCNC(=O)Cc2cc(C)ccc2OC)cc1. The highest BCUT2D eigenvalue weighted by atomic mass is 16.5. The summed E-state index contributed by atoms with van der Waals surface area (Å²) in [5, 5.41) is 2.91. The molecular weight excluding hydrogens is 318 g/mol. The van der Waals surface area contributed by atoms with Crippen LogP contribution in [0, 0.1) is 6.92 Å². The van der Waals surface area contributed by atoms with Gasteiger partial charge in [0.25, 0.3) is 0 Å². The summed E-state index contributed by atoms with van der Waals surface area (Å²) in [6.07, 6.45) is 0.976. The van der Waals surface area contributed by atoms with Crippen LogP contribution in [0.2, 0.25) is 0 Å². The van der Waals surface area contributed by atoms with Crippen molar-refractivity contribution >= 4 is 11.9 Å². The number of methoxy groups -OCH3 is 2. The molecule has 132 valence electrons. The van der Waals surface area contributed by atoms with Crippen molar-refractivity contribution in [1.82, 2.24) is 5.32 Å². The number of rotatable bonds is 7. The Bertz CT molecular complexity index is 738. The maximum Gasteiger partial charge on any atom is 0.337 e. The van der Waals surface area contributed by atoms with Gasteiger partial charge in [0, 0.05) is 12.1 Å². The molecular formula is C20H23NO4. The van der Waals surface area contributed by atoms with E-state index in [1.807, 2.05) is 37.3 Å². The maximum atomic E-state index is 12.1. The number of amides is 1. The van der Waals surface area contributed by atoms with Crippen molar-refractivity contribution in [1.29, 1.82) is 0 Å². The number of nitrogens with one attached hydrogen (secondary N) is 1. The van der Waals surface area contributed by atoms with Crippen molar-refractivity contribution in [2.24, 2.45) is 0 Å². The van der Waals surface area contributed by atoms with E-state index in [0.29, 0.717) is 18.5 Å². The van der Waals surface area contributed by atoms with Gasteiger partial charge < -0.3 is 14.8 Å². The normalized spacial score (nSPS) is 10.2. The van der Waals surface area contributed by atoms with Crippen molar-refractivity contribution in [2.75, 3.05) is 20.8 Å². The molecule has 0 saturated heterocycles. The van der Waals surface area contributed by atoms with Crippen LogP contribution >= 0.6 is 0 Å². The fourth-order valence-electron chi connectivity index (χ4n) is 2.55. The Morgan fingerprint density at radius 1 is 1.04 bits per heavy atom. The van der Waals surface area contributed by atoms with Gasteiger partial charge in [0.05, 0.1) is 26.2 Å². The Morgan fingerprint density at radius 2 is 1.76 bits per heavy atom. The van der Waals surface area contributed by atoms with E-state index in [-0.39, 0.29) is 18.3 Å². The summed E-state index contributed by atoms with van der Waals surface area (Å²) >= 11 is 0. The molecule has 0 aliphatic heterocycles. The van der Waals surface area contributed by atoms with E-state index in [1.165, 1.54) is 7.11 Å². The lowest BCUT2D eigenvalue weighted by Gasteiger charge is -2.10. The lowest BCUT2D eigenvalue weighted by molar-refractivity contribution is -0.120. The van der Waals surface area contributed by atoms with Gasteiger partial charge in [-0.25, -0.2) is 4.79 Å². The number of benzene rings is 2. The molecule has 5 heteroatoms. The summed E-state index contributed by atoms with van der Waals surface area (Å²) in [4.78, 5) is 23.5. The van der Waals surface area contributed by atoms with Crippen LogP contribution in [0.25, 0.3) is 0 Å². The third kappa shape index (κ3) is 5.35. The van der Waals surface area contributed by atoms with Crippen molar-refractivity contribution in [3.63, 3.8) is 0 Å². The molecule has 0 heterocycles. The number of ether oxygens (including phenoxy) is 2. The molecule has 2 rings (SSSR count). The molecule has 2 aromatic carbocycles. The van der Waals surface area contributed by atoms with Crippen LogP contribution in [0.5, 0.6) is 5.75 Å². The van der Waals surface area contributed by atoms with Crippen molar-refractivity contribution < 1.29 is 19.1 Å². The Hall–Kier alpha value is -2.82. The monoisotopic (exact) mass is 341 g/mol. The van der Waals surface area contributed by atoms with Gasteiger partial charge in [0.15, 0.2) is 0 Å². The Balaban J connectivity index is 1.84. The highest BCUT2D eigenvalue weighted by Gasteiger charge is 2.09. The van der Waals surface area contributed by atoms with Crippen molar-refractivity contribution in [3.05, 3.63) is 64.7 Å². The Kier molecular flexibility index (Phi) is 6.57. The molecule has 25 heavy (non-hydrogen) atoms. The topological polar surface area (TPSA) is 64.6 Å². The number of hydrogen-bond donors (Lipinski definition) is 1. The Morgan fingerprint density at radius 3 is 2.40 bits per heavy atom. The molecule has 0 saturated carbocycles. The summed E-state index contributed by atoms with van der Waals surface area (Å²) in [5.41, 5.74) is 3.53. The third-order valence-corrected chi connectivity index (χ3v) is 3.90. The van der Waals surface area contributed by atoms with E-state index in [2.05, 4.69) is 10.1 Å². The van der Waals surface area contributed by atoms with E-state index < -0.39 is 0 Å². The molecule has 0 fully saturated rings. The molecule has 2 aromatic rings. The molecule has 0 radical (unpaired) electrons. The van der Waals surface area contributed by atoms with Crippen molar-refractivity contribution in [3.8, 4) is 5.75 Å². The molecule has 5 nitrogen and oxygen atoms in total. The zero-order valence-corrected chi connectivity index (χ0v) is 14.8. The van der Waals surface area contributed by atoms with Crippen LogP contribution in [0.4, 0.5) is 0 Å². The van der Waals surface area contributed by atoms with Gasteiger partial charge in [-0.15, -0.1) is 0 Å². The predicted octanol–water partition coefficient (Wildman–Crippen LogP) is 2.69. The van der Waals surface area contributed by atoms with Gasteiger partial charge in [-0.05, 0) is 37.1 Å². The summed E-state index contributed by atoms with van der Waals surface area (Å²) in [6, 6.07) is 13.0. The summed E-state index contributed by atoms with van der Waals surface area (Å²) in [6.45, 7) is 2.52. The number of carbonyl (C=O) groups excluding carboxylic acids is 2. The molecule has 0 aromatic heterocycles. The first kappa shape index (κ1) is 18.5. The van der Waals surface area contributed by atoms with Gasteiger partial charge in [-0.3, -0.25) is 4.79 Å². The molecule has 1 amide bonds. The zero-order valence-electron chi connectivity index (χ0n) is 14.8. The Labute approximate surface area is 148 Å². The first-order chi connectivity index (χ1) is 12.0. The minimum atomic E-state index is -0.355. The molecule has 0 aliphatic carbocycles. The van der Waals surface area contributed by atoms with Crippen LogP contribution in [-0.4, -0.2) is 32.6 Å². The second-order valence-electron chi connectivity index (χ2n) is 5.78. The smallest absolute Gasteiger partial charge is 0.337 e. The molecule has 0 spiro atoms. The maximum absolute atomic E-state index is 12.1. The lowest BCUT2D eigenvalue weighted by atomic mass is 10.1. The number of aryl methyl sites for hydroxylation is 1. The van der Waals surface area contributed by atoms with Gasteiger partial charge in [-0.1, -0.05) is 29.8 Å². The summed E-state index contributed by atoms with van der Waals surface area (Å²) < 4.78 is 9.96. The largest absolute Gasteiger partial charge is 0.496 e. The molecule has 0 unspecified atom stereocenters. The van der Waals surface area contributed by atoms with Gasteiger partial charge >= 0.3 is 5.97 Å². The van der Waals surface area contributed by atoms with Gasteiger partial charge in [0.1, 0.15) is 5.75 Å². The summed E-state index contributed by atoms with van der Waals surface area (Å²) in [7, 11) is 2.96. The van der Waals surface area contributed by atoms with Crippen LogP contribution < -0.4 is 10.1 Å².